The Morgan fingerprint density at radius 3 is 2.72 bits per heavy atom. The molecular weight excluding hydrogens is 363 g/mol. The summed E-state index contributed by atoms with van der Waals surface area (Å²) < 4.78 is 40.5. The van der Waals surface area contributed by atoms with Crippen LogP contribution in [0, 0.1) is 10.1 Å². The molecule has 1 aromatic carbocycles. The van der Waals surface area contributed by atoms with Crippen molar-refractivity contribution in [2.45, 2.75) is 17.6 Å². The third-order valence-corrected chi connectivity index (χ3v) is 4.32. The van der Waals surface area contributed by atoms with Crippen LogP contribution in [-0.2, 0) is 6.18 Å². The summed E-state index contributed by atoms with van der Waals surface area (Å²) in [4.78, 5) is 14.5. The van der Waals surface area contributed by atoms with E-state index in [0.29, 0.717) is 12.2 Å². The second kappa shape index (κ2) is 6.44. The van der Waals surface area contributed by atoms with Crippen molar-refractivity contribution in [3.8, 4) is 0 Å². The number of nitrogens with zero attached hydrogens (tertiary/aromatic N) is 5. The van der Waals surface area contributed by atoms with E-state index in [-0.39, 0.29) is 34.0 Å². The van der Waals surface area contributed by atoms with Crippen molar-refractivity contribution in [3.05, 3.63) is 34.1 Å². The van der Waals surface area contributed by atoms with Gasteiger partial charge in [0.1, 0.15) is 5.03 Å². The number of nitro benzene ring substituents is 1. The van der Waals surface area contributed by atoms with Crippen molar-refractivity contribution in [1.82, 2.24) is 19.6 Å². The van der Waals surface area contributed by atoms with Crippen LogP contribution in [0.2, 0.25) is 0 Å². The molecule has 0 saturated carbocycles. The van der Waals surface area contributed by atoms with Gasteiger partial charge in [-0.2, -0.15) is 13.2 Å². The maximum Gasteiger partial charge on any atom is 0.452 e. The molecule has 0 saturated heterocycles. The third kappa shape index (κ3) is 3.22. The highest BCUT2D eigenvalue weighted by molar-refractivity contribution is 7.99. The van der Waals surface area contributed by atoms with E-state index in [4.69, 9.17) is 5.11 Å². The smallest absolute Gasteiger partial charge is 0.396 e. The predicted molar refractivity (Wildman–Crippen MR) is 82.4 cm³/mol. The summed E-state index contributed by atoms with van der Waals surface area (Å²) in [5.41, 5.74) is -0.454. The summed E-state index contributed by atoms with van der Waals surface area (Å²) in [5.74, 6) is -0.856. The van der Waals surface area contributed by atoms with Crippen molar-refractivity contribution < 1.29 is 23.2 Å². The van der Waals surface area contributed by atoms with Crippen molar-refractivity contribution in [3.63, 3.8) is 0 Å². The molecule has 0 unspecified atom stereocenters. The average Bonchev–Trinajstić information content (AvgIpc) is 3.00. The molecule has 1 N–H and O–H groups in total. The van der Waals surface area contributed by atoms with Crippen LogP contribution in [0.3, 0.4) is 0 Å². The van der Waals surface area contributed by atoms with E-state index >= 15 is 0 Å². The second-order valence-corrected chi connectivity index (χ2v) is 6.04. The summed E-state index contributed by atoms with van der Waals surface area (Å²) in [6.07, 6.45) is -4.36. The summed E-state index contributed by atoms with van der Waals surface area (Å²) in [6.45, 7) is -0.0659. The fourth-order valence-corrected chi connectivity index (χ4v) is 3.11. The van der Waals surface area contributed by atoms with Gasteiger partial charge < -0.3 is 5.11 Å². The molecule has 2 aromatic heterocycles. The molecule has 0 aliphatic carbocycles. The number of rotatable bonds is 5. The van der Waals surface area contributed by atoms with E-state index in [9.17, 15) is 23.3 Å². The van der Waals surface area contributed by atoms with Crippen LogP contribution in [-0.4, -0.2) is 42.0 Å². The van der Waals surface area contributed by atoms with Crippen LogP contribution in [0.15, 0.2) is 23.2 Å². The Morgan fingerprint density at radius 1 is 1.32 bits per heavy atom. The van der Waals surface area contributed by atoms with Crippen LogP contribution in [0.4, 0.5) is 18.9 Å². The molecule has 0 aliphatic heterocycles. The van der Waals surface area contributed by atoms with Crippen LogP contribution in [0.1, 0.15) is 12.2 Å². The first-order chi connectivity index (χ1) is 11.8. The molecule has 0 atom stereocenters. The zero-order valence-corrected chi connectivity index (χ0v) is 13.2. The Hall–Kier alpha value is -2.47. The first-order valence-corrected chi connectivity index (χ1v) is 7.95. The lowest BCUT2D eigenvalue weighted by Gasteiger charge is -2.09. The molecule has 0 bridgehead atoms. The highest BCUT2D eigenvalue weighted by Crippen LogP contribution is 2.33. The average molecular weight is 373 g/mol. The number of halogens is 3. The summed E-state index contributed by atoms with van der Waals surface area (Å²) >= 11 is 1.13. The van der Waals surface area contributed by atoms with Crippen molar-refractivity contribution in [2.24, 2.45) is 0 Å². The number of aliphatic hydroxyl groups is 1. The standard InChI is InChI=1S/C13H10F3N5O3S/c14-13(15,16)12-19-18-10-11(25-5-1-4-22)17-8-3-2-7(21(23)24)6-9(8)20(10)12/h2-3,6,22H,1,4-5H2. The van der Waals surface area contributed by atoms with Crippen LogP contribution < -0.4 is 0 Å². The van der Waals surface area contributed by atoms with Gasteiger partial charge in [0.2, 0.25) is 5.82 Å². The molecule has 2 heterocycles. The molecule has 132 valence electrons. The summed E-state index contributed by atoms with van der Waals surface area (Å²) in [5, 5.41) is 26.7. The molecular formula is C13H10F3N5O3S. The maximum atomic E-state index is 13.3. The molecule has 0 radical (unpaired) electrons. The van der Waals surface area contributed by atoms with E-state index in [2.05, 4.69) is 15.2 Å². The summed E-state index contributed by atoms with van der Waals surface area (Å²) in [7, 11) is 0. The van der Waals surface area contributed by atoms with Gasteiger partial charge in [-0.3, -0.25) is 14.5 Å². The number of alkyl halides is 3. The van der Waals surface area contributed by atoms with Gasteiger partial charge in [0, 0.05) is 24.5 Å². The van der Waals surface area contributed by atoms with E-state index in [1.165, 1.54) is 12.1 Å². The highest BCUT2D eigenvalue weighted by atomic mass is 32.2. The second-order valence-electron chi connectivity index (χ2n) is 4.95. The first-order valence-electron chi connectivity index (χ1n) is 6.97. The Kier molecular flexibility index (Phi) is 4.47. The molecule has 3 aromatic rings. The lowest BCUT2D eigenvalue weighted by Crippen LogP contribution is -2.12. The maximum absolute atomic E-state index is 13.3. The number of nitro groups is 1. The molecule has 3 rings (SSSR count). The first kappa shape index (κ1) is 17.4. The van der Waals surface area contributed by atoms with Crippen LogP contribution in [0.25, 0.3) is 16.7 Å². The van der Waals surface area contributed by atoms with Crippen LogP contribution in [0.5, 0.6) is 0 Å². The SMILES string of the molecule is O=[N+]([O-])c1ccc2nc(SCCCO)c3nnc(C(F)(F)F)n3c2c1. The zero-order valence-electron chi connectivity index (χ0n) is 12.4. The van der Waals surface area contributed by atoms with Gasteiger partial charge in [-0.05, 0) is 12.5 Å². The minimum Gasteiger partial charge on any atom is -0.396 e. The van der Waals surface area contributed by atoms with Gasteiger partial charge in [0.25, 0.3) is 5.69 Å². The fourth-order valence-electron chi connectivity index (χ4n) is 2.22. The van der Waals surface area contributed by atoms with Crippen molar-refractivity contribution in [1.29, 1.82) is 0 Å². The van der Waals surface area contributed by atoms with Gasteiger partial charge in [0.15, 0.2) is 5.65 Å². The molecule has 0 spiro atoms. The van der Waals surface area contributed by atoms with Gasteiger partial charge in [0.05, 0.1) is 16.0 Å². The van der Waals surface area contributed by atoms with E-state index in [1.807, 2.05) is 0 Å². The molecule has 8 nitrogen and oxygen atoms in total. The number of aromatic nitrogens is 4. The molecule has 0 aliphatic rings. The number of benzene rings is 1. The quantitative estimate of drug-likeness (QED) is 0.317. The van der Waals surface area contributed by atoms with Crippen molar-refractivity contribution >= 4 is 34.1 Å². The molecule has 25 heavy (non-hydrogen) atoms. The number of hydrogen-bond acceptors (Lipinski definition) is 7. The monoisotopic (exact) mass is 373 g/mol. The number of fused-ring (bicyclic) bond motifs is 3. The minimum absolute atomic E-state index is 0.0659. The zero-order chi connectivity index (χ0) is 18.2. The van der Waals surface area contributed by atoms with E-state index in [1.54, 1.807) is 0 Å². The Labute approximate surface area is 141 Å². The Morgan fingerprint density at radius 2 is 2.08 bits per heavy atom. The Bertz CT molecular complexity index is 959. The number of hydrogen-bond donors (Lipinski definition) is 1. The lowest BCUT2D eigenvalue weighted by atomic mass is 10.2. The van der Waals surface area contributed by atoms with Gasteiger partial charge in [-0.25, -0.2) is 4.98 Å². The fraction of sp³-hybridized carbons (Fsp3) is 0.308. The number of aliphatic hydroxyl groups excluding tert-OH is 1. The number of non-ortho nitro benzene ring substituents is 1. The summed E-state index contributed by atoms with van der Waals surface area (Å²) in [6, 6.07) is 3.46. The minimum atomic E-state index is -4.79. The van der Waals surface area contributed by atoms with Gasteiger partial charge >= 0.3 is 6.18 Å². The third-order valence-electron chi connectivity index (χ3n) is 3.28. The number of thioether (sulfide) groups is 1. The topological polar surface area (TPSA) is 106 Å². The highest BCUT2D eigenvalue weighted by Gasteiger charge is 2.38. The van der Waals surface area contributed by atoms with Crippen molar-refractivity contribution in [2.75, 3.05) is 12.4 Å². The predicted octanol–water partition coefficient (Wildman–Crippen LogP) is 2.68. The molecule has 0 amide bonds. The van der Waals surface area contributed by atoms with Gasteiger partial charge in [-0.1, -0.05) is 0 Å². The lowest BCUT2D eigenvalue weighted by molar-refractivity contribution is -0.384. The largest absolute Gasteiger partial charge is 0.452 e. The Balaban J connectivity index is 2.31. The van der Waals surface area contributed by atoms with Crippen LogP contribution >= 0.6 is 11.8 Å². The van der Waals surface area contributed by atoms with Gasteiger partial charge in [-0.15, -0.1) is 22.0 Å². The molecule has 12 heteroatoms. The van der Waals surface area contributed by atoms with E-state index < -0.39 is 16.9 Å². The normalized spacial score (nSPS) is 12.2. The molecule has 0 fully saturated rings. The van der Waals surface area contributed by atoms with E-state index in [0.717, 1.165) is 22.2 Å².